The van der Waals surface area contributed by atoms with E-state index in [1.54, 1.807) is 11.1 Å². The van der Waals surface area contributed by atoms with Crippen molar-refractivity contribution in [2.45, 2.75) is 24.9 Å². The van der Waals surface area contributed by atoms with Crippen molar-refractivity contribution in [3.63, 3.8) is 0 Å². The molecule has 0 aromatic heterocycles. The smallest absolute Gasteiger partial charge is 0.0275 e. The highest BCUT2D eigenvalue weighted by Crippen LogP contribution is 2.41. The first-order valence-corrected chi connectivity index (χ1v) is 5.03. The van der Waals surface area contributed by atoms with Gasteiger partial charge in [0.2, 0.25) is 0 Å². The Bertz CT molecular complexity index is 278. The summed E-state index contributed by atoms with van der Waals surface area (Å²) in [6, 6.07) is 6.79. The largest absolute Gasteiger partial charge is 0.149 e. The van der Waals surface area contributed by atoms with E-state index in [1.165, 1.54) is 11.3 Å². The number of benzene rings is 1. The monoisotopic (exact) mass is 164 g/mol. The first kappa shape index (κ1) is 7.23. The topological polar surface area (TPSA) is 0 Å². The Morgan fingerprint density at radius 1 is 1.45 bits per heavy atom. The van der Waals surface area contributed by atoms with Crippen molar-refractivity contribution in [2.24, 2.45) is 0 Å². The third-order valence-corrected chi connectivity index (χ3v) is 3.46. The molecule has 58 valence electrons. The number of hydrogen-bond acceptors (Lipinski definition) is 1. The summed E-state index contributed by atoms with van der Waals surface area (Å²) in [5.74, 6) is 1.21. The molecule has 1 aliphatic heterocycles. The highest BCUT2D eigenvalue weighted by molar-refractivity contribution is 7.99. The molecule has 0 nitrogen and oxygen atoms in total. The van der Waals surface area contributed by atoms with Crippen molar-refractivity contribution in [3.8, 4) is 0 Å². The third-order valence-electron chi connectivity index (χ3n) is 2.23. The third kappa shape index (κ3) is 1.18. The van der Waals surface area contributed by atoms with E-state index in [-0.39, 0.29) is 0 Å². The Kier molecular flexibility index (Phi) is 1.68. The van der Waals surface area contributed by atoms with Gasteiger partial charge in [0.15, 0.2) is 0 Å². The number of rotatable bonds is 0. The predicted molar refractivity (Wildman–Crippen MR) is 50.9 cm³/mol. The van der Waals surface area contributed by atoms with Gasteiger partial charge >= 0.3 is 0 Å². The SMILES string of the molecule is Cc1ccc2c(c1)CSC2C. The fraction of sp³-hybridized carbons (Fsp3) is 0.400. The van der Waals surface area contributed by atoms with Crippen LogP contribution in [0.25, 0.3) is 0 Å². The molecular weight excluding hydrogens is 152 g/mol. The van der Waals surface area contributed by atoms with Crippen molar-refractivity contribution in [1.29, 1.82) is 0 Å². The summed E-state index contributed by atoms with van der Waals surface area (Å²) in [6.45, 7) is 4.44. The summed E-state index contributed by atoms with van der Waals surface area (Å²) in [7, 11) is 0. The average molecular weight is 164 g/mol. The summed E-state index contributed by atoms with van der Waals surface area (Å²) in [5.41, 5.74) is 4.47. The van der Waals surface area contributed by atoms with Gasteiger partial charge in [-0.2, -0.15) is 0 Å². The fourth-order valence-corrected chi connectivity index (χ4v) is 2.65. The van der Waals surface area contributed by atoms with Gasteiger partial charge < -0.3 is 0 Å². The van der Waals surface area contributed by atoms with Crippen LogP contribution in [0.2, 0.25) is 0 Å². The molecule has 1 atom stereocenters. The summed E-state index contributed by atoms with van der Waals surface area (Å²) in [4.78, 5) is 0. The zero-order valence-corrected chi connectivity index (χ0v) is 7.74. The minimum Gasteiger partial charge on any atom is -0.149 e. The lowest BCUT2D eigenvalue weighted by molar-refractivity contribution is 1.11. The van der Waals surface area contributed by atoms with Gasteiger partial charge in [-0.3, -0.25) is 0 Å². The number of aryl methyl sites for hydroxylation is 1. The molecule has 11 heavy (non-hydrogen) atoms. The van der Waals surface area contributed by atoms with E-state index in [9.17, 15) is 0 Å². The quantitative estimate of drug-likeness (QED) is 0.567. The lowest BCUT2D eigenvalue weighted by atomic mass is 10.0. The molecule has 0 bridgehead atoms. The van der Waals surface area contributed by atoms with E-state index in [0.717, 1.165) is 0 Å². The van der Waals surface area contributed by atoms with E-state index < -0.39 is 0 Å². The molecule has 1 heteroatoms. The van der Waals surface area contributed by atoms with Crippen LogP contribution in [0.3, 0.4) is 0 Å². The van der Waals surface area contributed by atoms with Gasteiger partial charge in [-0.15, -0.1) is 11.8 Å². The standard InChI is InChI=1S/C10H12S/c1-7-3-4-10-8(2)11-6-9(10)5-7/h3-5,8H,6H2,1-2H3. The van der Waals surface area contributed by atoms with Crippen LogP contribution in [0.5, 0.6) is 0 Å². The van der Waals surface area contributed by atoms with Crippen LogP contribution in [-0.4, -0.2) is 0 Å². The van der Waals surface area contributed by atoms with Crippen LogP contribution < -0.4 is 0 Å². The minimum absolute atomic E-state index is 0.714. The second kappa shape index (κ2) is 2.56. The lowest BCUT2D eigenvalue weighted by Crippen LogP contribution is -1.85. The molecule has 1 heterocycles. The van der Waals surface area contributed by atoms with Crippen molar-refractivity contribution in [2.75, 3.05) is 0 Å². The Morgan fingerprint density at radius 3 is 3.09 bits per heavy atom. The van der Waals surface area contributed by atoms with Gasteiger partial charge in [-0.25, -0.2) is 0 Å². The van der Waals surface area contributed by atoms with Gasteiger partial charge in [0.05, 0.1) is 0 Å². The molecule has 1 unspecified atom stereocenters. The van der Waals surface area contributed by atoms with Crippen LogP contribution in [0, 0.1) is 6.92 Å². The highest BCUT2D eigenvalue weighted by Gasteiger charge is 2.17. The van der Waals surface area contributed by atoms with E-state index >= 15 is 0 Å². The first-order chi connectivity index (χ1) is 5.27. The van der Waals surface area contributed by atoms with Crippen molar-refractivity contribution < 1.29 is 0 Å². The molecule has 0 radical (unpaired) electrons. The molecule has 0 spiro atoms. The van der Waals surface area contributed by atoms with Crippen LogP contribution in [0.15, 0.2) is 18.2 Å². The molecule has 1 aliphatic rings. The fourth-order valence-electron chi connectivity index (χ4n) is 1.56. The summed E-state index contributed by atoms with van der Waals surface area (Å²) in [6.07, 6.45) is 0. The van der Waals surface area contributed by atoms with Gasteiger partial charge in [-0.05, 0) is 25.0 Å². The maximum Gasteiger partial charge on any atom is 0.0275 e. The number of thioether (sulfide) groups is 1. The predicted octanol–water partition coefficient (Wildman–Crippen LogP) is 3.30. The molecule has 0 N–H and O–H groups in total. The van der Waals surface area contributed by atoms with Crippen molar-refractivity contribution >= 4 is 11.8 Å². The van der Waals surface area contributed by atoms with E-state index in [2.05, 4.69) is 32.0 Å². The maximum atomic E-state index is 2.31. The number of hydrogen-bond donors (Lipinski definition) is 0. The van der Waals surface area contributed by atoms with E-state index in [4.69, 9.17) is 0 Å². The first-order valence-electron chi connectivity index (χ1n) is 3.98. The highest BCUT2D eigenvalue weighted by atomic mass is 32.2. The lowest BCUT2D eigenvalue weighted by Gasteiger charge is -2.02. The Balaban J connectivity index is 2.50. The molecule has 1 aromatic carbocycles. The Hall–Kier alpha value is -0.430. The minimum atomic E-state index is 0.714. The Labute approximate surface area is 72.0 Å². The average Bonchev–Trinajstić information content (AvgIpc) is 2.32. The van der Waals surface area contributed by atoms with Gasteiger partial charge in [0.1, 0.15) is 0 Å². The van der Waals surface area contributed by atoms with E-state index in [1.807, 2.05) is 11.8 Å². The second-order valence-electron chi connectivity index (χ2n) is 3.16. The van der Waals surface area contributed by atoms with Crippen LogP contribution in [-0.2, 0) is 5.75 Å². The van der Waals surface area contributed by atoms with Crippen LogP contribution >= 0.6 is 11.8 Å². The van der Waals surface area contributed by atoms with E-state index in [0.29, 0.717) is 5.25 Å². The number of fused-ring (bicyclic) bond motifs is 1. The van der Waals surface area contributed by atoms with Gasteiger partial charge in [0, 0.05) is 11.0 Å². The molecule has 0 amide bonds. The summed E-state index contributed by atoms with van der Waals surface area (Å²) < 4.78 is 0. The maximum absolute atomic E-state index is 2.31. The molecule has 0 aliphatic carbocycles. The zero-order valence-electron chi connectivity index (χ0n) is 6.92. The molecule has 2 rings (SSSR count). The second-order valence-corrected chi connectivity index (χ2v) is 4.48. The molecular formula is C10H12S. The molecule has 0 fully saturated rings. The molecule has 0 saturated heterocycles. The molecule has 1 aromatic rings. The summed E-state index contributed by atoms with van der Waals surface area (Å²) in [5, 5.41) is 0.714. The van der Waals surface area contributed by atoms with Gasteiger partial charge in [0.25, 0.3) is 0 Å². The zero-order chi connectivity index (χ0) is 7.84. The summed E-state index contributed by atoms with van der Waals surface area (Å²) >= 11 is 2.03. The van der Waals surface area contributed by atoms with Crippen LogP contribution in [0.1, 0.15) is 28.9 Å². The van der Waals surface area contributed by atoms with Crippen molar-refractivity contribution in [1.82, 2.24) is 0 Å². The van der Waals surface area contributed by atoms with Crippen molar-refractivity contribution in [3.05, 3.63) is 34.9 Å². The van der Waals surface area contributed by atoms with Gasteiger partial charge in [-0.1, -0.05) is 23.8 Å². The van der Waals surface area contributed by atoms with Crippen LogP contribution in [0.4, 0.5) is 0 Å². The Morgan fingerprint density at radius 2 is 2.27 bits per heavy atom. The normalized spacial score (nSPS) is 21.8. The molecule has 0 saturated carbocycles.